The second-order valence-electron chi connectivity index (χ2n) is 9.17. The number of hydrogen-bond donors (Lipinski definition) is 3. The second-order valence-corrected chi connectivity index (χ2v) is 10.2. The number of nitrogens with zero attached hydrogens (tertiary/aromatic N) is 2. The largest absolute Gasteiger partial charge is 0.345 e. The van der Waals surface area contributed by atoms with Crippen molar-refractivity contribution in [3.05, 3.63) is 76.2 Å². The minimum absolute atomic E-state index is 0.00393. The number of carbonyl (C=O) groups excluding carboxylic acids is 1. The van der Waals surface area contributed by atoms with Crippen molar-refractivity contribution in [3.8, 4) is 0 Å². The highest BCUT2D eigenvalue weighted by atomic mass is 32.2. The lowest BCUT2D eigenvalue weighted by Crippen LogP contribution is -2.64. The lowest BCUT2D eigenvalue weighted by atomic mass is 9.76. The molecule has 1 saturated heterocycles. The van der Waals surface area contributed by atoms with Gasteiger partial charge in [0.1, 0.15) is 5.82 Å². The number of thioether (sulfide) groups is 1. The normalized spacial score (nSPS) is 29.0. The molecule has 2 aliphatic heterocycles. The lowest BCUT2D eigenvalue weighted by Gasteiger charge is -2.46. The molecular formula is C24H26FN5OS. The number of likely N-dealkylation sites (N-methyl/N-ethyl adjacent to an activating group) is 1. The lowest BCUT2D eigenvalue weighted by molar-refractivity contribution is -0.130. The maximum Gasteiger partial charge on any atom is 0.239 e. The number of pyridine rings is 1. The van der Waals surface area contributed by atoms with Crippen molar-refractivity contribution in [2.75, 3.05) is 12.8 Å². The quantitative estimate of drug-likeness (QED) is 0.662. The van der Waals surface area contributed by atoms with Crippen molar-refractivity contribution in [2.45, 2.75) is 42.7 Å². The van der Waals surface area contributed by atoms with Crippen molar-refractivity contribution in [3.63, 3.8) is 0 Å². The van der Waals surface area contributed by atoms with E-state index in [9.17, 15) is 9.18 Å². The number of hydrogen-bond acceptors (Lipinski definition) is 5. The number of rotatable bonds is 4. The molecule has 1 aromatic carbocycles. The molecule has 5 rings (SSSR count). The highest BCUT2D eigenvalue weighted by molar-refractivity contribution is 8.03. The van der Waals surface area contributed by atoms with E-state index in [2.05, 4.69) is 16.4 Å². The number of nitrogens with one attached hydrogen (secondary N) is 2. The SMILES string of the molecule is CN1C(=N)N[C@](C)(C2=CC(c3cncc(F)c3)CS2)[C@@H](c2ccc(C3(N)CC3)cc2)C1=O. The van der Waals surface area contributed by atoms with Crippen LogP contribution in [0.4, 0.5) is 4.39 Å². The van der Waals surface area contributed by atoms with Crippen molar-refractivity contribution in [1.82, 2.24) is 15.2 Å². The molecule has 1 unspecified atom stereocenters. The zero-order valence-corrected chi connectivity index (χ0v) is 18.9. The minimum Gasteiger partial charge on any atom is -0.345 e. The maximum atomic E-state index is 13.7. The molecule has 32 heavy (non-hydrogen) atoms. The first-order chi connectivity index (χ1) is 15.2. The highest BCUT2D eigenvalue weighted by Gasteiger charge is 2.51. The first-order valence-electron chi connectivity index (χ1n) is 10.7. The van der Waals surface area contributed by atoms with Gasteiger partial charge in [-0.3, -0.25) is 20.1 Å². The fourth-order valence-electron chi connectivity index (χ4n) is 4.67. The fraction of sp³-hybridized carbons (Fsp3) is 0.375. The summed E-state index contributed by atoms with van der Waals surface area (Å²) in [6.07, 6.45) is 6.92. The molecule has 3 aliphatic rings. The second kappa shape index (κ2) is 7.42. The van der Waals surface area contributed by atoms with Crippen LogP contribution in [0.25, 0.3) is 0 Å². The van der Waals surface area contributed by atoms with Gasteiger partial charge in [0.15, 0.2) is 5.96 Å². The standard InChI is InChI=1S/C24H26FN5OS/c1-23(19-10-16(13-32-19)15-9-18(25)12-28-11-15)20(21(31)30(2)22(26)29-23)14-3-5-17(6-4-14)24(27)7-8-24/h3-6,9-12,16,20H,7-8,13,27H2,1-2H3,(H2,26,29)/t16?,20-,23+/m0/s1. The molecule has 0 radical (unpaired) electrons. The van der Waals surface area contributed by atoms with Crippen molar-refractivity contribution in [1.29, 1.82) is 5.41 Å². The predicted octanol–water partition coefficient (Wildman–Crippen LogP) is 3.42. The molecule has 1 aliphatic carbocycles. The highest BCUT2D eigenvalue weighted by Crippen LogP contribution is 2.49. The van der Waals surface area contributed by atoms with Crippen molar-refractivity contribution in [2.24, 2.45) is 5.73 Å². The Balaban J connectivity index is 1.52. The molecule has 3 atom stereocenters. The molecule has 166 valence electrons. The van der Waals surface area contributed by atoms with Crippen LogP contribution in [0.1, 0.15) is 48.3 Å². The summed E-state index contributed by atoms with van der Waals surface area (Å²) in [6, 6.07) is 9.52. The zero-order chi connectivity index (χ0) is 22.7. The molecule has 8 heteroatoms. The molecule has 1 amide bonds. The molecule has 1 aromatic heterocycles. The van der Waals surface area contributed by atoms with Crippen LogP contribution in [0.5, 0.6) is 0 Å². The topological polar surface area (TPSA) is 95.1 Å². The van der Waals surface area contributed by atoms with Gasteiger partial charge < -0.3 is 11.1 Å². The summed E-state index contributed by atoms with van der Waals surface area (Å²) in [5.41, 5.74) is 8.10. The number of guanidine groups is 1. The smallest absolute Gasteiger partial charge is 0.239 e. The Morgan fingerprint density at radius 2 is 1.97 bits per heavy atom. The summed E-state index contributed by atoms with van der Waals surface area (Å²) in [6.45, 7) is 1.97. The van der Waals surface area contributed by atoms with Gasteiger partial charge in [-0.25, -0.2) is 4.39 Å². The Kier molecular flexibility index (Phi) is 4.90. The number of benzene rings is 1. The number of halogens is 1. The van der Waals surface area contributed by atoms with Crippen LogP contribution in [-0.2, 0) is 10.3 Å². The number of amides is 1. The summed E-state index contributed by atoms with van der Waals surface area (Å²) < 4.78 is 13.7. The van der Waals surface area contributed by atoms with E-state index in [1.54, 1.807) is 25.0 Å². The predicted molar refractivity (Wildman–Crippen MR) is 124 cm³/mol. The van der Waals surface area contributed by atoms with Gasteiger partial charge in [-0.05, 0) is 42.5 Å². The van der Waals surface area contributed by atoms with Crippen LogP contribution in [0, 0.1) is 11.2 Å². The summed E-state index contributed by atoms with van der Waals surface area (Å²) in [5, 5.41) is 11.6. The van der Waals surface area contributed by atoms with Gasteiger partial charge in [-0.15, -0.1) is 11.8 Å². The first-order valence-corrected chi connectivity index (χ1v) is 11.7. The van der Waals surface area contributed by atoms with Gasteiger partial charge in [0, 0.05) is 35.4 Å². The number of allylic oxidation sites excluding steroid dienone is 1. The van der Waals surface area contributed by atoms with E-state index in [1.165, 1.54) is 17.2 Å². The van der Waals surface area contributed by atoms with Crippen LogP contribution in [-0.4, -0.2) is 40.1 Å². The van der Waals surface area contributed by atoms with Crippen LogP contribution >= 0.6 is 11.8 Å². The average Bonchev–Trinajstić information content (AvgIpc) is 3.32. The zero-order valence-electron chi connectivity index (χ0n) is 18.1. The van der Waals surface area contributed by atoms with Crippen LogP contribution in [0.3, 0.4) is 0 Å². The van der Waals surface area contributed by atoms with Crippen molar-refractivity contribution < 1.29 is 9.18 Å². The Morgan fingerprint density at radius 1 is 1.25 bits per heavy atom. The maximum absolute atomic E-state index is 13.7. The summed E-state index contributed by atoms with van der Waals surface area (Å²) >= 11 is 1.64. The molecular weight excluding hydrogens is 425 g/mol. The minimum atomic E-state index is -0.789. The molecule has 1 saturated carbocycles. The third-order valence-electron chi connectivity index (χ3n) is 6.91. The van der Waals surface area contributed by atoms with E-state index in [4.69, 9.17) is 11.1 Å². The third-order valence-corrected chi connectivity index (χ3v) is 8.31. The monoisotopic (exact) mass is 451 g/mol. The molecule has 4 N–H and O–H groups in total. The van der Waals surface area contributed by atoms with Gasteiger partial charge in [0.05, 0.1) is 17.7 Å². The number of carbonyl (C=O) groups is 1. The third kappa shape index (κ3) is 3.42. The van der Waals surface area contributed by atoms with Gasteiger partial charge >= 0.3 is 0 Å². The fourth-order valence-corrected chi connectivity index (χ4v) is 6.05. The van der Waals surface area contributed by atoms with E-state index in [0.717, 1.165) is 40.2 Å². The Bertz CT molecular complexity index is 1130. The summed E-state index contributed by atoms with van der Waals surface area (Å²) in [5.74, 6) is -0.197. The molecule has 2 aromatic rings. The molecule has 6 nitrogen and oxygen atoms in total. The van der Waals surface area contributed by atoms with Gasteiger partial charge in [0.2, 0.25) is 5.91 Å². The van der Waals surface area contributed by atoms with E-state index < -0.39 is 11.5 Å². The summed E-state index contributed by atoms with van der Waals surface area (Å²) in [4.78, 5) is 19.7. The van der Waals surface area contributed by atoms with Gasteiger partial charge in [-0.1, -0.05) is 30.3 Å². The number of aromatic nitrogens is 1. The van der Waals surface area contributed by atoms with Gasteiger partial charge in [-0.2, -0.15) is 0 Å². The Labute approximate surface area is 191 Å². The summed E-state index contributed by atoms with van der Waals surface area (Å²) in [7, 11) is 1.62. The molecule has 0 bridgehead atoms. The van der Waals surface area contributed by atoms with Crippen molar-refractivity contribution >= 4 is 23.6 Å². The Hall–Kier alpha value is -2.71. The van der Waals surface area contributed by atoms with Crippen LogP contribution in [0.2, 0.25) is 0 Å². The molecule has 0 spiro atoms. The van der Waals surface area contributed by atoms with E-state index in [1.807, 2.05) is 31.2 Å². The van der Waals surface area contributed by atoms with E-state index in [0.29, 0.717) is 0 Å². The average molecular weight is 452 g/mol. The van der Waals surface area contributed by atoms with E-state index >= 15 is 0 Å². The van der Waals surface area contributed by atoms with Gasteiger partial charge in [0.25, 0.3) is 0 Å². The Morgan fingerprint density at radius 3 is 2.62 bits per heavy atom. The molecule has 2 fully saturated rings. The first kappa shape index (κ1) is 21.2. The van der Waals surface area contributed by atoms with Crippen LogP contribution < -0.4 is 11.1 Å². The van der Waals surface area contributed by atoms with Crippen LogP contribution in [0.15, 0.2) is 53.7 Å². The molecule has 3 heterocycles. The number of nitrogens with two attached hydrogens (primary N) is 1. The van der Waals surface area contributed by atoms with E-state index in [-0.39, 0.29) is 29.1 Å².